The Morgan fingerprint density at radius 2 is 2.10 bits per heavy atom. The Morgan fingerprint density at radius 3 is 2.85 bits per heavy atom. The second kappa shape index (κ2) is 5.73. The predicted molar refractivity (Wildman–Crippen MR) is 76.5 cm³/mol. The van der Waals surface area contributed by atoms with Gasteiger partial charge in [0.2, 0.25) is 0 Å². The summed E-state index contributed by atoms with van der Waals surface area (Å²) in [4.78, 5) is 11.4. The zero-order chi connectivity index (χ0) is 13.8. The molecule has 2 heterocycles. The molecule has 0 radical (unpaired) electrons. The number of hydrogen-bond acceptors (Lipinski definition) is 5. The summed E-state index contributed by atoms with van der Waals surface area (Å²) < 4.78 is 5.35. The third-order valence-electron chi connectivity index (χ3n) is 3.14. The van der Waals surface area contributed by atoms with Gasteiger partial charge in [-0.3, -0.25) is 5.41 Å². The van der Waals surface area contributed by atoms with Crippen molar-refractivity contribution in [3.05, 3.63) is 30.3 Å². The van der Waals surface area contributed by atoms with Crippen molar-refractivity contribution >= 4 is 23.3 Å². The van der Waals surface area contributed by atoms with Crippen LogP contribution >= 0.6 is 0 Å². The van der Waals surface area contributed by atoms with Crippen molar-refractivity contribution in [1.29, 1.82) is 5.41 Å². The molecule has 0 unspecified atom stereocenters. The number of nitrogens with zero attached hydrogens (tertiary/aromatic N) is 3. The SMILES string of the molecule is N=C(C1=NOCCO1)N1CCCC1=Nc1ccccc1. The van der Waals surface area contributed by atoms with Crippen molar-refractivity contribution < 1.29 is 9.57 Å². The number of hydrogen-bond donors (Lipinski definition) is 1. The van der Waals surface area contributed by atoms with Gasteiger partial charge in [-0.15, -0.1) is 0 Å². The molecular weight excluding hydrogens is 256 g/mol. The van der Waals surface area contributed by atoms with Gasteiger partial charge >= 0.3 is 0 Å². The summed E-state index contributed by atoms with van der Waals surface area (Å²) in [6.45, 7) is 1.62. The van der Waals surface area contributed by atoms with Crippen LogP contribution in [0.25, 0.3) is 0 Å². The van der Waals surface area contributed by atoms with Gasteiger partial charge in [0.1, 0.15) is 12.4 Å². The number of benzene rings is 1. The lowest BCUT2D eigenvalue weighted by atomic mass is 10.3. The van der Waals surface area contributed by atoms with E-state index in [1.165, 1.54) is 0 Å². The maximum Gasteiger partial charge on any atom is 0.293 e. The number of nitrogens with one attached hydrogen (secondary N) is 1. The number of aliphatic imine (C=N–C) groups is 1. The van der Waals surface area contributed by atoms with Crippen molar-refractivity contribution in [1.82, 2.24) is 4.90 Å². The van der Waals surface area contributed by atoms with Gasteiger partial charge in [-0.05, 0) is 23.7 Å². The highest BCUT2D eigenvalue weighted by Crippen LogP contribution is 2.19. The third kappa shape index (κ3) is 2.64. The highest BCUT2D eigenvalue weighted by Gasteiger charge is 2.27. The van der Waals surface area contributed by atoms with Gasteiger partial charge in [-0.25, -0.2) is 4.99 Å². The van der Waals surface area contributed by atoms with E-state index in [4.69, 9.17) is 15.0 Å². The van der Waals surface area contributed by atoms with E-state index in [0.29, 0.717) is 13.2 Å². The van der Waals surface area contributed by atoms with Crippen molar-refractivity contribution in [3.63, 3.8) is 0 Å². The van der Waals surface area contributed by atoms with Gasteiger partial charge in [0.05, 0.1) is 5.69 Å². The summed E-state index contributed by atoms with van der Waals surface area (Å²) in [6.07, 6.45) is 1.83. The minimum Gasteiger partial charge on any atom is -0.469 e. The molecule has 1 aromatic rings. The van der Waals surface area contributed by atoms with E-state index in [-0.39, 0.29) is 11.7 Å². The van der Waals surface area contributed by atoms with Crippen LogP contribution in [0.1, 0.15) is 12.8 Å². The standard InChI is InChI=1S/C14H16N4O2/c15-13(14-17-20-10-9-19-14)18-8-4-7-12(18)16-11-5-2-1-3-6-11/h1-3,5-6,15H,4,7-10H2. The lowest BCUT2D eigenvalue weighted by Crippen LogP contribution is -2.39. The van der Waals surface area contributed by atoms with Gasteiger partial charge in [-0.1, -0.05) is 18.2 Å². The summed E-state index contributed by atoms with van der Waals surface area (Å²) in [7, 11) is 0. The average molecular weight is 272 g/mol. The molecule has 6 heteroatoms. The number of likely N-dealkylation sites (tertiary alicyclic amines) is 1. The van der Waals surface area contributed by atoms with Crippen molar-refractivity contribution in [2.75, 3.05) is 19.8 Å². The minimum atomic E-state index is 0.219. The van der Waals surface area contributed by atoms with E-state index >= 15 is 0 Å². The molecule has 0 bridgehead atoms. The summed E-state index contributed by atoms with van der Waals surface area (Å²) in [5.41, 5.74) is 0.893. The van der Waals surface area contributed by atoms with E-state index < -0.39 is 0 Å². The Hall–Kier alpha value is -2.37. The molecule has 6 nitrogen and oxygen atoms in total. The van der Waals surface area contributed by atoms with Crippen LogP contribution in [0.2, 0.25) is 0 Å². The molecule has 1 saturated heterocycles. The maximum absolute atomic E-state index is 8.19. The second-order valence-electron chi connectivity index (χ2n) is 4.55. The molecule has 0 spiro atoms. The lowest BCUT2D eigenvalue weighted by Gasteiger charge is -2.22. The molecule has 3 rings (SSSR count). The molecule has 1 aromatic carbocycles. The number of rotatable bonds is 2. The van der Waals surface area contributed by atoms with Gasteiger partial charge in [0.15, 0.2) is 12.4 Å². The van der Waals surface area contributed by atoms with Gasteiger partial charge in [0, 0.05) is 13.0 Å². The molecule has 104 valence electrons. The number of ether oxygens (including phenoxy) is 1. The average Bonchev–Trinajstić information content (AvgIpc) is 2.96. The first-order valence-corrected chi connectivity index (χ1v) is 6.66. The number of para-hydroxylation sites is 1. The molecule has 0 amide bonds. The highest BCUT2D eigenvalue weighted by atomic mass is 16.7. The Bertz CT molecular complexity index is 554. The van der Waals surface area contributed by atoms with Crippen LogP contribution in [-0.4, -0.2) is 42.2 Å². The topological polar surface area (TPSA) is 70.3 Å². The fraction of sp³-hybridized carbons (Fsp3) is 0.357. The molecule has 0 aliphatic carbocycles. The Morgan fingerprint density at radius 1 is 1.25 bits per heavy atom. The van der Waals surface area contributed by atoms with Gasteiger partial charge < -0.3 is 14.5 Å². The summed E-state index contributed by atoms with van der Waals surface area (Å²) in [5.74, 6) is 1.33. The molecule has 0 aromatic heterocycles. The van der Waals surface area contributed by atoms with Crippen LogP contribution in [-0.2, 0) is 9.57 Å². The second-order valence-corrected chi connectivity index (χ2v) is 4.55. The van der Waals surface area contributed by atoms with Crippen molar-refractivity contribution in [2.24, 2.45) is 10.1 Å². The largest absolute Gasteiger partial charge is 0.469 e. The molecule has 1 fully saturated rings. The predicted octanol–water partition coefficient (Wildman–Crippen LogP) is 2.15. The normalized spacial score (nSPS) is 20.3. The summed E-state index contributed by atoms with van der Waals surface area (Å²) in [6, 6.07) is 9.76. The molecular formula is C14H16N4O2. The van der Waals surface area contributed by atoms with Crippen LogP contribution in [0.3, 0.4) is 0 Å². The molecule has 2 aliphatic rings. The van der Waals surface area contributed by atoms with Crippen molar-refractivity contribution in [3.8, 4) is 0 Å². The zero-order valence-corrected chi connectivity index (χ0v) is 11.1. The first-order valence-electron chi connectivity index (χ1n) is 6.66. The van der Waals surface area contributed by atoms with E-state index in [9.17, 15) is 0 Å². The van der Waals surface area contributed by atoms with Crippen LogP contribution < -0.4 is 0 Å². The molecule has 1 N–H and O–H groups in total. The first kappa shape index (κ1) is 12.7. The Labute approximate surface area is 117 Å². The molecule has 0 saturated carbocycles. The quantitative estimate of drug-likeness (QED) is 0.662. The van der Waals surface area contributed by atoms with Crippen LogP contribution in [0.4, 0.5) is 5.69 Å². The monoisotopic (exact) mass is 272 g/mol. The minimum absolute atomic E-state index is 0.219. The van der Waals surface area contributed by atoms with E-state index in [1.807, 2.05) is 35.2 Å². The first-order chi connectivity index (χ1) is 9.84. The molecule has 20 heavy (non-hydrogen) atoms. The third-order valence-corrected chi connectivity index (χ3v) is 3.14. The van der Waals surface area contributed by atoms with Crippen LogP contribution in [0.5, 0.6) is 0 Å². The smallest absolute Gasteiger partial charge is 0.293 e. The van der Waals surface area contributed by atoms with Crippen LogP contribution in [0, 0.1) is 5.41 Å². The molecule has 0 atom stereocenters. The van der Waals surface area contributed by atoms with E-state index in [0.717, 1.165) is 30.9 Å². The Kier molecular flexibility index (Phi) is 3.62. The fourth-order valence-corrected chi connectivity index (χ4v) is 2.20. The fourth-order valence-electron chi connectivity index (χ4n) is 2.20. The summed E-state index contributed by atoms with van der Waals surface area (Å²) in [5, 5.41) is 12.0. The molecule has 2 aliphatic heterocycles. The number of oxime groups is 1. The summed E-state index contributed by atoms with van der Waals surface area (Å²) >= 11 is 0. The van der Waals surface area contributed by atoms with Gasteiger partial charge in [-0.2, -0.15) is 0 Å². The van der Waals surface area contributed by atoms with E-state index in [2.05, 4.69) is 10.1 Å². The number of amidine groups is 2. The van der Waals surface area contributed by atoms with Crippen LogP contribution in [0.15, 0.2) is 40.5 Å². The lowest BCUT2D eigenvalue weighted by molar-refractivity contribution is 0.0669. The zero-order valence-electron chi connectivity index (χ0n) is 11.1. The maximum atomic E-state index is 8.19. The Balaban J connectivity index is 1.80. The van der Waals surface area contributed by atoms with Gasteiger partial charge in [0.25, 0.3) is 5.90 Å². The highest BCUT2D eigenvalue weighted by molar-refractivity contribution is 6.39. The van der Waals surface area contributed by atoms with E-state index in [1.54, 1.807) is 0 Å². The van der Waals surface area contributed by atoms with Crippen molar-refractivity contribution in [2.45, 2.75) is 12.8 Å².